The highest BCUT2D eigenvalue weighted by Gasteiger charge is 2.28. The van der Waals surface area contributed by atoms with Crippen molar-refractivity contribution in [2.75, 3.05) is 0 Å². The Morgan fingerprint density at radius 2 is 1.57 bits per heavy atom. The van der Waals surface area contributed by atoms with Gasteiger partial charge in [-0.05, 0) is 30.5 Å². The highest BCUT2D eigenvalue weighted by molar-refractivity contribution is 5.69. The third-order valence-electron chi connectivity index (χ3n) is 3.70. The Morgan fingerprint density at radius 1 is 1.05 bits per heavy atom. The van der Waals surface area contributed by atoms with Crippen LogP contribution in [0.1, 0.15) is 31.7 Å². The van der Waals surface area contributed by atoms with E-state index in [0.717, 1.165) is 16.7 Å². The van der Waals surface area contributed by atoms with Gasteiger partial charge in [0, 0.05) is 11.5 Å². The predicted molar refractivity (Wildman–Crippen MR) is 85.1 cm³/mol. The second-order valence-corrected chi connectivity index (χ2v) is 5.96. The van der Waals surface area contributed by atoms with E-state index in [1.165, 1.54) is 0 Å². The van der Waals surface area contributed by atoms with Crippen molar-refractivity contribution in [2.45, 2.75) is 31.7 Å². The number of carboxylic acids is 1. The van der Waals surface area contributed by atoms with Gasteiger partial charge in [-0.3, -0.25) is 4.79 Å². The number of aliphatic carboxylic acids is 1. The summed E-state index contributed by atoms with van der Waals surface area (Å²) >= 11 is 0. The highest BCUT2D eigenvalue weighted by atomic mass is 16.4. The van der Waals surface area contributed by atoms with Gasteiger partial charge in [0.25, 0.3) is 0 Å². The molecule has 0 bridgehead atoms. The van der Waals surface area contributed by atoms with Crippen LogP contribution in [-0.4, -0.2) is 16.6 Å². The molecule has 0 saturated heterocycles. The van der Waals surface area contributed by atoms with Gasteiger partial charge in [0.1, 0.15) is 0 Å². The molecule has 1 unspecified atom stereocenters. The molecule has 0 aliphatic carbocycles. The number of rotatable bonds is 5. The van der Waals surface area contributed by atoms with Crippen LogP contribution in [0.15, 0.2) is 54.6 Å². The maximum atomic E-state index is 11.1. The van der Waals surface area contributed by atoms with Gasteiger partial charge in [0.15, 0.2) is 0 Å². The van der Waals surface area contributed by atoms with Crippen LogP contribution < -0.4 is 5.73 Å². The highest BCUT2D eigenvalue weighted by Crippen LogP contribution is 2.31. The fourth-order valence-corrected chi connectivity index (χ4v) is 2.52. The summed E-state index contributed by atoms with van der Waals surface area (Å²) in [5, 5.41) is 9.09. The van der Waals surface area contributed by atoms with E-state index in [1.54, 1.807) is 0 Å². The number of carboxylic acid groups (broad SMARTS) is 1. The molecule has 0 aliphatic rings. The van der Waals surface area contributed by atoms with Crippen LogP contribution in [0.2, 0.25) is 0 Å². The fourth-order valence-electron chi connectivity index (χ4n) is 2.52. The molecule has 0 amide bonds. The van der Waals surface area contributed by atoms with Crippen molar-refractivity contribution < 1.29 is 9.90 Å². The largest absolute Gasteiger partial charge is 0.481 e. The molecule has 3 nitrogen and oxygen atoms in total. The second-order valence-electron chi connectivity index (χ2n) is 5.96. The zero-order valence-electron chi connectivity index (χ0n) is 12.4. The maximum absolute atomic E-state index is 11.1. The summed E-state index contributed by atoms with van der Waals surface area (Å²) in [5.41, 5.74) is 8.79. The lowest BCUT2D eigenvalue weighted by Gasteiger charge is -2.30. The Bertz CT molecular complexity index is 597. The molecule has 0 aromatic heterocycles. The molecule has 3 N–H and O–H groups in total. The number of hydrogen-bond acceptors (Lipinski definition) is 2. The standard InChI is InChI=1S/C18H21NO2/c1-18(2,19)16(12-17(20)21)15-10-8-14(9-11-15)13-6-4-3-5-7-13/h3-11,16H,12,19H2,1-2H3,(H,20,21). The lowest BCUT2D eigenvalue weighted by atomic mass is 9.80. The first-order chi connectivity index (χ1) is 9.88. The quantitative estimate of drug-likeness (QED) is 0.880. The normalized spacial score (nSPS) is 12.9. The minimum atomic E-state index is -0.828. The van der Waals surface area contributed by atoms with Gasteiger partial charge in [-0.15, -0.1) is 0 Å². The SMILES string of the molecule is CC(C)(N)C(CC(=O)O)c1ccc(-c2ccccc2)cc1. The molecule has 21 heavy (non-hydrogen) atoms. The van der Waals surface area contributed by atoms with Crippen molar-refractivity contribution in [3.8, 4) is 11.1 Å². The second kappa shape index (κ2) is 6.10. The molecule has 2 aromatic carbocycles. The summed E-state index contributed by atoms with van der Waals surface area (Å²) in [6, 6.07) is 18.1. The maximum Gasteiger partial charge on any atom is 0.304 e. The van der Waals surface area contributed by atoms with Crippen molar-refractivity contribution in [3.63, 3.8) is 0 Å². The summed E-state index contributed by atoms with van der Waals surface area (Å²) < 4.78 is 0. The summed E-state index contributed by atoms with van der Waals surface area (Å²) in [5.74, 6) is -1.04. The van der Waals surface area contributed by atoms with Gasteiger partial charge >= 0.3 is 5.97 Å². The van der Waals surface area contributed by atoms with E-state index < -0.39 is 11.5 Å². The molecular formula is C18H21NO2. The molecule has 2 rings (SSSR count). The van der Waals surface area contributed by atoms with Crippen molar-refractivity contribution in [3.05, 3.63) is 60.2 Å². The van der Waals surface area contributed by atoms with E-state index in [-0.39, 0.29) is 12.3 Å². The van der Waals surface area contributed by atoms with Gasteiger partial charge in [-0.2, -0.15) is 0 Å². The molecule has 3 heteroatoms. The molecule has 1 atom stereocenters. The lowest BCUT2D eigenvalue weighted by molar-refractivity contribution is -0.137. The van der Waals surface area contributed by atoms with Gasteiger partial charge in [0.2, 0.25) is 0 Å². The van der Waals surface area contributed by atoms with E-state index in [0.29, 0.717) is 0 Å². The molecule has 0 fully saturated rings. The van der Waals surface area contributed by atoms with E-state index in [9.17, 15) is 4.79 Å². The fraction of sp³-hybridized carbons (Fsp3) is 0.278. The van der Waals surface area contributed by atoms with Gasteiger partial charge in [-0.1, -0.05) is 54.6 Å². The van der Waals surface area contributed by atoms with Crippen molar-refractivity contribution in [2.24, 2.45) is 5.73 Å². The van der Waals surface area contributed by atoms with Gasteiger partial charge < -0.3 is 10.8 Å². The third-order valence-corrected chi connectivity index (χ3v) is 3.70. The van der Waals surface area contributed by atoms with Crippen molar-refractivity contribution in [1.82, 2.24) is 0 Å². The number of benzene rings is 2. The summed E-state index contributed by atoms with van der Waals surface area (Å²) in [6.45, 7) is 3.73. The van der Waals surface area contributed by atoms with E-state index in [1.807, 2.05) is 56.3 Å². The van der Waals surface area contributed by atoms with Crippen LogP contribution in [0.4, 0.5) is 0 Å². The van der Waals surface area contributed by atoms with Crippen molar-refractivity contribution in [1.29, 1.82) is 0 Å². The first-order valence-corrected chi connectivity index (χ1v) is 7.04. The summed E-state index contributed by atoms with van der Waals surface area (Å²) in [6.07, 6.45) is 0.0359. The van der Waals surface area contributed by atoms with E-state index in [4.69, 9.17) is 10.8 Å². The molecule has 0 saturated carbocycles. The molecule has 0 heterocycles. The Morgan fingerprint density at radius 3 is 2.05 bits per heavy atom. The van der Waals surface area contributed by atoms with Gasteiger partial charge in [0.05, 0.1) is 6.42 Å². The Kier molecular flexibility index (Phi) is 4.43. The van der Waals surface area contributed by atoms with Gasteiger partial charge in [-0.25, -0.2) is 0 Å². The molecule has 110 valence electrons. The molecular weight excluding hydrogens is 262 g/mol. The molecule has 0 spiro atoms. The van der Waals surface area contributed by atoms with E-state index >= 15 is 0 Å². The molecule has 2 aromatic rings. The Hall–Kier alpha value is -2.13. The average molecular weight is 283 g/mol. The molecule has 0 radical (unpaired) electrons. The number of hydrogen-bond donors (Lipinski definition) is 2. The minimum Gasteiger partial charge on any atom is -0.481 e. The average Bonchev–Trinajstić information content (AvgIpc) is 2.45. The smallest absolute Gasteiger partial charge is 0.304 e. The van der Waals surface area contributed by atoms with Crippen LogP contribution in [0.3, 0.4) is 0 Å². The van der Waals surface area contributed by atoms with Crippen LogP contribution in [0.25, 0.3) is 11.1 Å². The zero-order chi connectivity index (χ0) is 15.5. The Labute approximate surface area is 125 Å². The monoisotopic (exact) mass is 283 g/mol. The van der Waals surface area contributed by atoms with E-state index in [2.05, 4.69) is 12.1 Å². The lowest BCUT2D eigenvalue weighted by Crippen LogP contribution is -2.40. The van der Waals surface area contributed by atoms with Crippen LogP contribution >= 0.6 is 0 Å². The first-order valence-electron chi connectivity index (χ1n) is 7.04. The predicted octanol–water partition coefficient (Wildman–Crippen LogP) is 3.65. The first kappa shape index (κ1) is 15.3. The third kappa shape index (κ3) is 3.92. The number of carbonyl (C=O) groups is 1. The van der Waals surface area contributed by atoms with Crippen LogP contribution in [0.5, 0.6) is 0 Å². The summed E-state index contributed by atoms with van der Waals surface area (Å²) in [7, 11) is 0. The number of nitrogens with two attached hydrogens (primary N) is 1. The molecule has 0 aliphatic heterocycles. The topological polar surface area (TPSA) is 63.3 Å². The van der Waals surface area contributed by atoms with Crippen LogP contribution in [0, 0.1) is 0 Å². The van der Waals surface area contributed by atoms with Crippen molar-refractivity contribution >= 4 is 5.97 Å². The Balaban J connectivity index is 2.30. The zero-order valence-corrected chi connectivity index (χ0v) is 12.4. The van der Waals surface area contributed by atoms with Crippen LogP contribution in [-0.2, 0) is 4.79 Å². The minimum absolute atomic E-state index is 0.0359. The summed E-state index contributed by atoms with van der Waals surface area (Å²) in [4.78, 5) is 11.1.